The van der Waals surface area contributed by atoms with Crippen molar-refractivity contribution in [2.75, 3.05) is 26.2 Å². The second-order valence-corrected chi connectivity index (χ2v) is 5.94. The molecule has 2 aromatic rings. The number of hydrogen-bond acceptors (Lipinski definition) is 4. The highest BCUT2D eigenvalue weighted by Crippen LogP contribution is 2.19. The van der Waals surface area contributed by atoms with Crippen molar-refractivity contribution in [3.63, 3.8) is 0 Å². The van der Waals surface area contributed by atoms with Gasteiger partial charge in [-0.1, -0.05) is 6.07 Å². The van der Waals surface area contributed by atoms with Crippen LogP contribution in [0, 0.1) is 11.7 Å². The number of halogens is 1. The third-order valence-corrected chi connectivity index (χ3v) is 4.38. The van der Waals surface area contributed by atoms with Crippen LogP contribution in [0.4, 0.5) is 4.39 Å². The van der Waals surface area contributed by atoms with Crippen LogP contribution < -0.4 is 0 Å². The van der Waals surface area contributed by atoms with E-state index in [2.05, 4.69) is 14.9 Å². The molecule has 0 aliphatic carbocycles. The largest absolute Gasteiger partial charge is 0.466 e. The summed E-state index contributed by atoms with van der Waals surface area (Å²) in [6, 6.07) is 4.94. The first-order valence-corrected chi connectivity index (χ1v) is 8.19. The fourth-order valence-corrected chi connectivity index (χ4v) is 3.08. The number of esters is 1. The first-order chi connectivity index (χ1) is 11.2. The van der Waals surface area contributed by atoms with E-state index in [0.29, 0.717) is 12.1 Å². The Kier molecular flexibility index (Phi) is 4.91. The topological polar surface area (TPSA) is 58.2 Å². The predicted octanol–water partition coefficient (Wildman–Crippen LogP) is 2.52. The molecule has 3 rings (SSSR count). The molecule has 1 aliphatic rings. The van der Waals surface area contributed by atoms with Gasteiger partial charge in [-0.15, -0.1) is 0 Å². The van der Waals surface area contributed by atoms with E-state index in [4.69, 9.17) is 4.74 Å². The molecule has 0 atom stereocenters. The molecule has 1 aromatic heterocycles. The lowest BCUT2D eigenvalue weighted by Gasteiger charge is -2.30. The fourth-order valence-electron chi connectivity index (χ4n) is 3.08. The number of nitrogens with zero attached hydrogens (tertiary/aromatic N) is 2. The van der Waals surface area contributed by atoms with Crippen LogP contribution in [0.15, 0.2) is 18.2 Å². The Morgan fingerprint density at radius 1 is 1.43 bits per heavy atom. The van der Waals surface area contributed by atoms with E-state index < -0.39 is 0 Å². The Morgan fingerprint density at radius 3 is 2.91 bits per heavy atom. The number of piperidine rings is 1. The number of hydrogen-bond donors (Lipinski definition) is 1. The Morgan fingerprint density at radius 2 is 2.22 bits per heavy atom. The van der Waals surface area contributed by atoms with Crippen LogP contribution in [0.5, 0.6) is 0 Å². The lowest BCUT2D eigenvalue weighted by Crippen LogP contribution is -2.38. The second-order valence-electron chi connectivity index (χ2n) is 5.94. The molecule has 1 N–H and O–H groups in total. The number of ether oxygens (including phenoxy) is 1. The van der Waals surface area contributed by atoms with E-state index in [0.717, 1.165) is 50.2 Å². The van der Waals surface area contributed by atoms with Gasteiger partial charge in [-0.05, 0) is 45.0 Å². The summed E-state index contributed by atoms with van der Waals surface area (Å²) in [6.07, 6.45) is 2.43. The molecule has 1 aliphatic heterocycles. The fraction of sp³-hybridized carbons (Fsp3) is 0.529. The number of benzene rings is 1. The van der Waals surface area contributed by atoms with Crippen molar-refractivity contribution in [1.82, 2.24) is 14.9 Å². The number of likely N-dealkylation sites (tertiary alicyclic amines) is 1. The molecule has 5 nitrogen and oxygen atoms in total. The summed E-state index contributed by atoms with van der Waals surface area (Å²) in [5, 5.41) is 0. The van der Waals surface area contributed by atoms with Gasteiger partial charge in [0.2, 0.25) is 0 Å². The number of H-pyrrole nitrogens is 1. The second kappa shape index (κ2) is 7.08. The minimum atomic E-state index is -0.291. The quantitative estimate of drug-likeness (QED) is 0.860. The highest BCUT2D eigenvalue weighted by Gasteiger charge is 2.25. The zero-order chi connectivity index (χ0) is 16.2. The number of para-hydroxylation sites is 1. The van der Waals surface area contributed by atoms with Gasteiger partial charge in [0.05, 0.1) is 18.0 Å². The van der Waals surface area contributed by atoms with Crippen molar-refractivity contribution in [3.05, 3.63) is 29.8 Å². The molecule has 0 unspecified atom stereocenters. The average Bonchev–Trinajstić information content (AvgIpc) is 2.98. The summed E-state index contributed by atoms with van der Waals surface area (Å²) < 4.78 is 18.7. The molecule has 124 valence electrons. The molecule has 2 heterocycles. The summed E-state index contributed by atoms with van der Waals surface area (Å²) in [4.78, 5) is 21.5. The molecule has 0 bridgehead atoms. The Labute approximate surface area is 134 Å². The Balaban J connectivity index is 1.51. The zero-order valence-corrected chi connectivity index (χ0v) is 13.3. The van der Waals surface area contributed by atoms with Crippen molar-refractivity contribution in [2.45, 2.75) is 26.2 Å². The monoisotopic (exact) mass is 319 g/mol. The maximum atomic E-state index is 13.6. The smallest absolute Gasteiger partial charge is 0.309 e. The molecular formula is C17H22FN3O2. The van der Waals surface area contributed by atoms with Crippen LogP contribution >= 0.6 is 0 Å². The summed E-state index contributed by atoms with van der Waals surface area (Å²) in [5.74, 6) is 0.476. The van der Waals surface area contributed by atoms with Crippen LogP contribution in [-0.4, -0.2) is 47.1 Å². The molecular weight excluding hydrogens is 297 g/mol. The highest BCUT2D eigenvalue weighted by molar-refractivity contribution is 5.75. The number of rotatable bonds is 5. The molecule has 0 amide bonds. The lowest BCUT2D eigenvalue weighted by molar-refractivity contribution is -0.149. The normalized spacial score (nSPS) is 16.8. The highest BCUT2D eigenvalue weighted by atomic mass is 19.1. The van der Waals surface area contributed by atoms with Crippen LogP contribution in [0.2, 0.25) is 0 Å². The van der Waals surface area contributed by atoms with Gasteiger partial charge < -0.3 is 14.6 Å². The molecule has 0 spiro atoms. The average molecular weight is 319 g/mol. The molecule has 1 aromatic carbocycles. The minimum absolute atomic E-state index is 0.0338. The van der Waals surface area contributed by atoms with Crippen molar-refractivity contribution >= 4 is 17.0 Å². The molecule has 23 heavy (non-hydrogen) atoms. The van der Waals surface area contributed by atoms with E-state index in [-0.39, 0.29) is 17.7 Å². The van der Waals surface area contributed by atoms with E-state index in [1.807, 2.05) is 13.0 Å². The minimum Gasteiger partial charge on any atom is -0.466 e. The Bertz CT molecular complexity index is 678. The van der Waals surface area contributed by atoms with Gasteiger partial charge in [0, 0.05) is 13.0 Å². The van der Waals surface area contributed by atoms with Gasteiger partial charge >= 0.3 is 5.97 Å². The number of carbonyl (C=O) groups excluding carboxylic acids is 1. The van der Waals surface area contributed by atoms with Crippen molar-refractivity contribution in [1.29, 1.82) is 0 Å². The summed E-state index contributed by atoms with van der Waals surface area (Å²) >= 11 is 0. The van der Waals surface area contributed by atoms with Crippen molar-refractivity contribution in [3.8, 4) is 0 Å². The van der Waals surface area contributed by atoms with Crippen LogP contribution in [0.25, 0.3) is 11.0 Å². The maximum Gasteiger partial charge on any atom is 0.309 e. The lowest BCUT2D eigenvalue weighted by atomic mass is 9.97. The van der Waals surface area contributed by atoms with Crippen LogP contribution in [0.1, 0.15) is 25.6 Å². The molecule has 0 radical (unpaired) electrons. The molecule has 1 saturated heterocycles. The number of imidazole rings is 1. The predicted molar refractivity (Wildman–Crippen MR) is 85.6 cm³/mol. The van der Waals surface area contributed by atoms with Gasteiger partial charge in [-0.25, -0.2) is 9.37 Å². The van der Waals surface area contributed by atoms with E-state index in [9.17, 15) is 9.18 Å². The van der Waals surface area contributed by atoms with Crippen molar-refractivity contribution in [2.24, 2.45) is 5.92 Å². The SMILES string of the molecule is CCOC(=O)C1CCN(CCc2nc3c(F)cccc3[nH]2)CC1. The standard InChI is InChI=1S/C17H22FN3O2/c1-2-23-17(22)12-6-9-21(10-7-12)11-8-15-19-14-5-3-4-13(18)16(14)20-15/h3-5,12H,2,6-11H2,1H3,(H,19,20). The molecule has 1 fully saturated rings. The van der Waals surface area contributed by atoms with Crippen molar-refractivity contribution < 1.29 is 13.9 Å². The number of fused-ring (bicyclic) bond motifs is 1. The van der Waals surface area contributed by atoms with E-state index in [1.54, 1.807) is 6.07 Å². The van der Waals surface area contributed by atoms with E-state index in [1.165, 1.54) is 6.07 Å². The van der Waals surface area contributed by atoms with Crippen LogP contribution in [0.3, 0.4) is 0 Å². The number of carbonyl (C=O) groups is 1. The zero-order valence-electron chi connectivity index (χ0n) is 13.3. The van der Waals surface area contributed by atoms with Gasteiger partial charge in [-0.3, -0.25) is 4.79 Å². The number of aromatic nitrogens is 2. The molecule has 6 heteroatoms. The van der Waals surface area contributed by atoms with Gasteiger partial charge in [-0.2, -0.15) is 0 Å². The third kappa shape index (κ3) is 3.69. The first-order valence-electron chi connectivity index (χ1n) is 8.19. The molecule has 0 saturated carbocycles. The summed E-state index contributed by atoms with van der Waals surface area (Å²) in [6.45, 7) is 4.91. The number of aromatic amines is 1. The number of nitrogens with one attached hydrogen (secondary N) is 1. The maximum absolute atomic E-state index is 13.6. The van der Waals surface area contributed by atoms with E-state index >= 15 is 0 Å². The van der Waals surface area contributed by atoms with Gasteiger partial charge in [0.25, 0.3) is 0 Å². The van der Waals surface area contributed by atoms with Gasteiger partial charge in [0.15, 0.2) is 5.82 Å². The van der Waals surface area contributed by atoms with Crippen LogP contribution in [-0.2, 0) is 16.0 Å². The summed E-state index contributed by atoms with van der Waals surface area (Å²) in [7, 11) is 0. The third-order valence-electron chi connectivity index (χ3n) is 4.38. The Hall–Kier alpha value is -1.95. The summed E-state index contributed by atoms with van der Waals surface area (Å²) in [5.41, 5.74) is 1.14. The van der Waals surface area contributed by atoms with Gasteiger partial charge in [0.1, 0.15) is 11.3 Å². The first kappa shape index (κ1) is 15.9.